The van der Waals surface area contributed by atoms with E-state index in [1.807, 2.05) is 25.1 Å². The first-order valence-electron chi connectivity index (χ1n) is 6.17. The van der Waals surface area contributed by atoms with Crippen molar-refractivity contribution in [3.63, 3.8) is 0 Å². The Balaban J connectivity index is 1.94. The third-order valence-corrected chi connectivity index (χ3v) is 2.52. The van der Waals surface area contributed by atoms with E-state index in [1.165, 1.54) is 6.20 Å². The fourth-order valence-corrected chi connectivity index (χ4v) is 1.62. The van der Waals surface area contributed by atoms with Crippen LogP contribution in [0.15, 0.2) is 36.5 Å². The van der Waals surface area contributed by atoms with Crippen LogP contribution in [0.3, 0.4) is 0 Å². The number of aryl methyl sites for hydroxylation is 1. The number of hydrogen-bond donors (Lipinski definition) is 1. The smallest absolute Gasteiger partial charge is 0.272 e. The highest BCUT2D eigenvalue weighted by Crippen LogP contribution is 2.12. The molecule has 2 aromatic rings. The largest absolute Gasteiger partial charge is 0.472 e. The Hall–Kier alpha value is -2.24. The summed E-state index contributed by atoms with van der Waals surface area (Å²) >= 11 is 0. The molecule has 0 aliphatic heterocycles. The Morgan fingerprint density at radius 2 is 2.15 bits per heavy atom. The normalized spacial score (nSPS) is 10.6. The van der Waals surface area contributed by atoms with Crippen molar-refractivity contribution in [3.8, 4) is 5.88 Å². The Morgan fingerprint density at radius 1 is 1.30 bits per heavy atom. The van der Waals surface area contributed by atoms with E-state index in [2.05, 4.69) is 15.3 Å². The SMILES string of the molecule is Cc1cccc(NCc2ccnc(OCC(F)F)c2)n1. The molecule has 6 heteroatoms. The van der Waals surface area contributed by atoms with Gasteiger partial charge in [0, 0.05) is 24.5 Å². The minimum atomic E-state index is -2.50. The molecule has 0 aliphatic rings. The van der Waals surface area contributed by atoms with E-state index in [-0.39, 0.29) is 5.88 Å². The second-order valence-electron chi connectivity index (χ2n) is 4.22. The highest BCUT2D eigenvalue weighted by molar-refractivity contribution is 5.36. The number of nitrogens with one attached hydrogen (secondary N) is 1. The van der Waals surface area contributed by atoms with Gasteiger partial charge in [0.15, 0.2) is 6.61 Å². The first-order chi connectivity index (χ1) is 9.63. The molecule has 0 amide bonds. The molecule has 2 heterocycles. The average Bonchev–Trinajstić information content (AvgIpc) is 2.43. The van der Waals surface area contributed by atoms with Crippen LogP contribution < -0.4 is 10.1 Å². The van der Waals surface area contributed by atoms with E-state index in [0.29, 0.717) is 6.54 Å². The molecule has 2 rings (SSSR count). The predicted molar refractivity (Wildman–Crippen MR) is 72.0 cm³/mol. The fraction of sp³-hybridized carbons (Fsp3) is 0.286. The molecule has 1 N–H and O–H groups in total. The third kappa shape index (κ3) is 4.46. The molecular formula is C14H15F2N3O. The quantitative estimate of drug-likeness (QED) is 0.883. The summed E-state index contributed by atoms with van der Waals surface area (Å²) in [6.45, 7) is 1.78. The van der Waals surface area contributed by atoms with Gasteiger partial charge in [-0.1, -0.05) is 6.07 Å². The van der Waals surface area contributed by atoms with Crippen molar-refractivity contribution >= 4 is 5.82 Å². The first kappa shape index (κ1) is 14.2. The lowest BCUT2D eigenvalue weighted by Gasteiger charge is -2.08. The molecule has 0 saturated carbocycles. The lowest BCUT2D eigenvalue weighted by atomic mass is 10.2. The molecule has 0 bridgehead atoms. The highest BCUT2D eigenvalue weighted by Gasteiger charge is 2.05. The molecule has 2 aromatic heterocycles. The second kappa shape index (κ2) is 6.79. The van der Waals surface area contributed by atoms with Crippen molar-refractivity contribution in [2.75, 3.05) is 11.9 Å². The van der Waals surface area contributed by atoms with Crippen LogP contribution in [0.25, 0.3) is 0 Å². The van der Waals surface area contributed by atoms with Gasteiger partial charge in [0.1, 0.15) is 5.82 Å². The van der Waals surface area contributed by atoms with Gasteiger partial charge >= 0.3 is 0 Å². The van der Waals surface area contributed by atoms with Gasteiger partial charge in [-0.2, -0.15) is 0 Å². The van der Waals surface area contributed by atoms with Crippen LogP contribution >= 0.6 is 0 Å². The molecule has 0 aromatic carbocycles. The first-order valence-corrected chi connectivity index (χ1v) is 6.17. The zero-order valence-corrected chi connectivity index (χ0v) is 11.0. The Morgan fingerprint density at radius 3 is 2.90 bits per heavy atom. The lowest BCUT2D eigenvalue weighted by molar-refractivity contribution is 0.0795. The van der Waals surface area contributed by atoms with Gasteiger partial charge in [-0.3, -0.25) is 0 Å². The van der Waals surface area contributed by atoms with E-state index >= 15 is 0 Å². The lowest BCUT2D eigenvalue weighted by Crippen LogP contribution is -2.08. The molecule has 0 unspecified atom stereocenters. The van der Waals surface area contributed by atoms with E-state index in [4.69, 9.17) is 4.74 Å². The zero-order valence-electron chi connectivity index (χ0n) is 11.0. The number of anilines is 1. The summed E-state index contributed by atoms with van der Waals surface area (Å²) in [5.74, 6) is 0.957. The highest BCUT2D eigenvalue weighted by atomic mass is 19.3. The molecule has 0 aliphatic carbocycles. The van der Waals surface area contributed by atoms with Crippen molar-refractivity contribution in [1.82, 2.24) is 9.97 Å². The van der Waals surface area contributed by atoms with Crippen LogP contribution in [0.5, 0.6) is 5.88 Å². The minimum absolute atomic E-state index is 0.196. The van der Waals surface area contributed by atoms with Crippen LogP contribution in [0.4, 0.5) is 14.6 Å². The average molecular weight is 279 g/mol. The van der Waals surface area contributed by atoms with Crippen LogP contribution in [0.1, 0.15) is 11.3 Å². The summed E-state index contributed by atoms with van der Waals surface area (Å²) in [4.78, 5) is 8.19. The number of nitrogens with zero attached hydrogens (tertiary/aromatic N) is 2. The van der Waals surface area contributed by atoms with Gasteiger partial charge in [-0.25, -0.2) is 18.7 Å². The maximum absolute atomic E-state index is 12.1. The number of alkyl halides is 2. The molecular weight excluding hydrogens is 264 g/mol. The van der Waals surface area contributed by atoms with Crippen molar-refractivity contribution in [2.24, 2.45) is 0 Å². The maximum Gasteiger partial charge on any atom is 0.272 e. The van der Waals surface area contributed by atoms with Crippen LogP contribution in [0.2, 0.25) is 0 Å². The summed E-state index contributed by atoms with van der Waals surface area (Å²) in [7, 11) is 0. The molecule has 0 radical (unpaired) electrons. The van der Waals surface area contributed by atoms with Crippen LogP contribution in [0, 0.1) is 6.92 Å². The topological polar surface area (TPSA) is 47.0 Å². The Labute approximate surface area is 115 Å². The van der Waals surface area contributed by atoms with Crippen LogP contribution in [-0.2, 0) is 6.54 Å². The standard InChI is InChI=1S/C14H15F2N3O/c1-10-3-2-4-13(19-10)18-8-11-5-6-17-14(7-11)20-9-12(15)16/h2-7,12H,8-9H2,1H3,(H,18,19). The number of ether oxygens (including phenoxy) is 1. The molecule has 106 valence electrons. The molecule has 0 saturated heterocycles. The fourth-order valence-electron chi connectivity index (χ4n) is 1.62. The molecule has 20 heavy (non-hydrogen) atoms. The van der Waals surface area contributed by atoms with E-state index in [9.17, 15) is 8.78 Å². The van der Waals surface area contributed by atoms with Crippen molar-refractivity contribution in [3.05, 3.63) is 47.8 Å². The summed E-state index contributed by atoms with van der Waals surface area (Å²) in [6, 6.07) is 9.11. The molecule has 4 nitrogen and oxygen atoms in total. The number of halogens is 2. The van der Waals surface area contributed by atoms with Gasteiger partial charge in [0.25, 0.3) is 6.43 Å². The van der Waals surface area contributed by atoms with Gasteiger partial charge in [-0.15, -0.1) is 0 Å². The maximum atomic E-state index is 12.1. The molecule has 0 spiro atoms. The minimum Gasteiger partial charge on any atom is -0.472 e. The van der Waals surface area contributed by atoms with Crippen molar-refractivity contribution in [1.29, 1.82) is 0 Å². The van der Waals surface area contributed by atoms with Crippen molar-refractivity contribution < 1.29 is 13.5 Å². The molecule has 0 fully saturated rings. The summed E-state index contributed by atoms with van der Waals surface area (Å²) in [5.41, 5.74) is 1.80. The van der Waals surface area contributed by atoms with Gasteiger partial charge in [0.05, 0.1) is 0 Å². The Kier molecular flexibility index (Phi) is 4.81. The van der Waals surface area contributed by atoms with E-state index < -0.39 is 13.0 Å². The zero-order chi connectivity index (χ0) is 14.4. The van der Waals surface area contributed by atoms with Gasteiger partial charge in [-0.05, 0) is 30.7 Å². The van der Waals surface area contributed by atoms with Crippen molar-refractivity contribution in [2.45, 2.75) is 19.9 Å². The predicted octanol–water partition coefficient (Wildman–Crippen LogP) is 3.04. The van der Waals surface area contributed by atoms with Crippen LogP contribution in [-0.4, -0.2) is 23.0 Å². The van der Waals surface area contributed by atoms with E-state index in [0.717, 1.165) is 17.1 Å². The Bertz CT molecular complexity index is 564. The van der Waals surface area contributed by atoms with Gasteiger partial charge < -0.3 is 10.1 Å². The summed E-state index contributed by atoms with van der Waals surface area (Å²) in [6.07, 6.45) is -0.975. The number of pyridine rings is 2. The summed E-state index contributed by atoms with van der Waals surface area (Å²) < 4.78 is 29.0. The number of aromatic nitrogens is 2. The molecule has 0 atom stereocenters. The number of rotatable bonds is 6. The number of hydrogen-bond acceptors (Lipinski definition) is 4. The summed E-state index contributed by atoms with van der Waals surface area (Å²) in [5, 5.41) is 3.15. The third-order valence-electron chi connectivity index (χ3n) is 2.52. The second-order valence-corrected chi connectivity index (χ2v) is 4.22. The van der Waals surface area contributed by atoms with Gasteiger partial charge in [0.2, 0.25) is 5.88 Å². The monoisotopic (exact) mass is 279 g/mol. The van der Waals surface area contributed by atoms with E-state index in [1.54, 1.807) is 12.1 Å².